The second kappa shape index (κ2) is 8.33. The summed E-state index contributed by atoms with van der Waals surface area (Å²) >= 11 is 0. The fourth-order valence-corrected chi connectivity index (χ4v) is 3.21. The Morgan fingerprint density at radius 1 is 1.56 bits per heavy atom. The molecule has 0 aliphatic carbocycles. The van der Waals surface area contributed by atoms with Gasteiger partial charge in [-0.2, -0.15) is 10.4 Å². The molecular weight excluding hydrogens is 350 g/mol. The molecule has 1 saturated heterocycles. The Morgan fingerprint density at radius 2 is 2.41 bits per heavy atom. The minimum Gasteiger partial charge on any atom is -0.449 e. The van der Waals surface area contributed by atoms with E-state index in [0.717, 1.165) is 19.3 Å². The molecular formula is C18H23N5O4. The molecule has 2 aromatic heterocycles. The number of aromatic nitrogens is 3. The van der Waals surface area contributed by atoms with Crippen LogP contribution >= 0.6 is 0 Å². The second-order valence-electron chi connectivity index (χ2n) is 6.49. The third-order valence-corrected chi connectivity index (χ3v) is 4.64. The molecule has 9 heteroatoms. The van der Waals surface area contributed by atoms with E-state index >= 15 is 0 Å². The zero-order chi connectivity index (χ0) is 19.3. The molecule has 0 bridgehead atoms. The lowest BCUT2D eigenvalue weighted by Crippen LogP contribution is -2.28. The number of amides is 1. The lowest BCUT2D eigenvalue weighted by molar-refractivity contribution is -0.0324. The van der Waals surface area contributed by atoms with Crippen LogP contribution in [0.15, 0.2) is 18.5 Å². The molecule has 1 amide bonds. The van der Waals surface area contributed by atoms with Gasteiger partial charge in [-0.1, -0.05) is 19.8 Å². The van der Waals surface area contributed by atoms with Gasteiger partial charge in [0, 0.05) is 0 Å². The van der Waals surface area contributed by atoms with Crippen LogP contribution < -0.4 is 5.32 Å². The summed E-state index contributed by atoms with van der Waals surface area (Å²) in [6.07, 6.45) is 4.22. The molecule has 27 heavy (non-hydrogen) atoms. The van der Waals surface area contributed by atoms with Crippen LogP contribution in [0.2, 0.25) is 0 Å². The highest BCUT2D eigenvalue weighted by molar-refractivity contribution is 5.88. The zero-order valence-electron chi connectivity index (χ0n) is 15.2. The summed E-state index contributed by atoms with van der Waals surface area (Å²) < 4.78 is 12.5. The van der Waals surface area contributed by atoms with E-state index in [9.17, 15) is 15.2 Å². The number of carbonyl (C=O) groups excluding carboxylic acids is 1. The third-order valence-electron chi connectivity index (χ3n) is 4.64. The van der Waals surface area contributed by atoms with E-state index in [2.05, 4.69) is 28.4 Å². The molecule has 0 saturated carbocycles. The quantitative estimate of drug-likeness (QED) is 0.714. The van der Waals surface area contributed by atoms with Crippen molar-refractivity contribution in [2.24, 2.45) is 0 Å². The first kappa shape index (κ1) is 19.1. The molecule has 1 aliphatic heterocycles. The van der Waals surface area contributed by atoms with E-state index < -0.39 is 11.7 Å². The lowest BCUT2D eigenvalue weighted by Gasteiger charge is -2.21. The van der Waals surface area contributed by atoms with Crippen molar-refractivity contribution >= 4 is 17.4 Å². The number of aliphatic hydroxyl groups excluding tert-OH is 1. The molecule has 144 valence electrons. The van der Waals surface area contributed by atoms with E-state index in [1.165, 1.54) is 10.8 Å². The van der Waals surface area contributed by atoms with Crippen molar-refractivity contribution in [1.29, 1.82) is 5.26 Å². The fraction of sp³-hybridized carbons (Fsp3) is 0.556. The van der Waals surface area contributed by atoms with Crippen LogP contribution in [0, 0.1) is 11.3 Å². The summed E-state index contributed by atoms with van der Waals surface area (Å²) in [5.74, 6) is 0.293. The van der Waals surface area contributed by atoms with Gasteiger partial charge < -0.3 is 14.6 Å². The minimum atomic E-state index is -1.19. The maximum Gasteiger partial charge on any atom is 0.412 e. The van der Waals surface area contributed by atoms with Gasteiger partial charge in [-0.3, -0.25) is 5.32 Å². The SMILES string of the molecule is CCCCCOC(=O)Nc1ncnn2c(C3(C#N)CCC(CO)O3)ccc12. The number of hydrogen-bond donors (Lipinski definition) is 2. The van der Waals surface area contributed by atoms with Crippen molar-refractivity contribution in [1.82, 2.24) is 14.6 Å². The van der Waals surface area contributed by atoms with Gasteiger partial charge in [-0.25, -0.2) is 14.3 Å². The van der Waals surface area contributed by atoms with Crippen LogP contribution in [0.1, 0.15) is 44.7 Å². The van der Waals surface area contributed by atoms with Crippen molar-refractivity contribution in [2.45, 2.75) is 50.7 Å². The average molecular weight is 373 g/mol. The molecule has 2 aromatic rings. The molecule has 3 rings (SSSR count). The van der Waals surface area contributed by atoms with Gasteiger partial charge >= 0.3 is 6.09 Å². The van der Waals surface area contributed by atoms with Crippen molar-refractivity contribution < 1.29 is 19.4 Å². The number of rotatable bonds is 7. The van der Waals surface area contributed by atoms with E-state index in [0.29, 0.717) is 36.5 Å². The summed E-state index contributed by atoms with van der Waals surface area (Å²) in [6, 6.07) is 5.66. The largest absolute Gasteiger partial charge is 0.449 e. The maximum atomic E-state index is 12.0. The average Bonchev–Trinajstić information content (AvgIpc) is 3.30. The molecule has 2 unspecified atom stereocenters. The Labute approximate surface area is 156 Å². The highest BCUT2D eigenvalue weighted by Gasteiger charge is 2.44. The van der Waals surface area contributed by atoms with E-state index in [4.69, 9.17) is 9.47 Å². The monoisotopic (exact) mass is 373 g/mol. The molecule has 0 spiro atoms. The standard InChI is InChI=1S/C18H23N5O4/c1-2-3-4-9-26-17(25)22-16-14-5-6-15(23(14)21-12-20-16)18(11-19)8-7-13(10-24)27-18/h5-6,12-13,24H,2-4,7-10H2,1H3,(H,20,21,22,25). The Balaban J connectivity index is 1.81. The molecule has 0 aromatic carbocycles. The number of nitrogens with zero attached hydrogens (tertiary/aromatic N) is 4. The Bertz CT molecular complexity index is 846. The summed E-state index contributed by atoms with van der Waals surface area (Å²) in [5, 5.41) is 25.9. The normalized spacial score (nSPS) is 21.9. The van der Waals surface area contributed by atoms with Gasteiger partial charge in [0.2, 0.25) is 0 Å². The molecule has 9 nitrogen and oxygen atoms in total. The number of carbonyl (C=O) groups is 1. The Morgan fingerprint density at radius 3 is 3.11 bits per heavy atom. The van der Waals surface area contributed by atoms with Crippen LogP contribution in [0.4, 0.5) is 10.6 Å². The summed E-state index contributed by atoms with van der Waals surface area (Å²) in [7, 11) is 0. The van der Waals surface area contributed by atoms with Crippen molar-refractivity contribution in [2.75, 3.05) is 18.5 Å². The number of fused-ring (bicyclic) bond motifs is 1. The van der Waals surface area contributed by atoms with Crippen LogP contribution in [-0.2, 0) is 15.1 Å². The number of ether oxygens (including phenoxy) is 2. The minimum absolute atomic E-state index is 0.140. The van der Waals surface area contributed by atoms with E-state index in [1.54, 1.807) is 12.1 Å². The fourth-order valence-electron chi connectivity index (χ4n) is 3.21. The highest BCUT2D eigenvalue weighted by Crippen LogP contribution is 2.39. The molecule has 3 heterocycles. The third kappa shape index (κ3) is 3.86. The van der Waals surface area contributed by atoms with E-state index in [-0.39, 0.29) is 12.7 Å². The second-order valence-corrected chi connectivity index (χ2v) is 6.49. The summed E-state index contributed by atoms with van der Waals surface area (Å²) in [6.45, 7) is 2.28. The first-order valence-corrected chi connectivity index (χ1v) is 9.10. The van der Waals surface area contributed by atoms with Crippen LogP contribution in [-0.4, -0.2) is 45.1 Å². The number of anilines is 1. The lowest BCUT2D eigenvalue weighted by atomic mass is 9.98. The van der Waals surface area contributed by atoms with Gasteiger partial charge in [-0.15, -0.1) is 0 Å². The zero-order valence-corrected chi connectivity index (χ0v) is 15.2. The number of hydrogen-bond acceptors (Lipinski definition) is 7. The number of nitriles is 1. The predicted molar refractivity (Wildman–Crippen MR) is 96.0 cm³/mol. The maximum absolute atomic E-state index is 12.0. The smallest absolute Gasteiger partial charge is 0.412 e. The highest BCUT2D eigenvalue weighted by atomic mass is 16.5. The Kier molecular flexibility index (Phi) is 5.88. The molecule has 1 aliphatic rings. The number of aliphatic hydroxyl groups is 1. The van der Waals surface area contributed by atoms with Crippen molar-refractivity contribution in [3.8, 4) is 6.07 Å². The van der Waals surface area contributed by atoms with Crippen molar-refractivity contribution in [3.63, 3.8) is 0 Å². The first-order valence-electron chi connectivity index (χ1n) is 9.10. The number of nitrogens with one attached hydrogen (secondary N) is 1. The topological polar surface area (TPSA) is 122 Å². The first-order chi connectivity index (χ1) is 13.1. The van der Waals surface area contributed by atoms with Crippen LogP contribution in [0.25, 0.3) is 5.52 Å². The molecule has 2 atom stereocenters. The van der Waals surface area contributed by atoms with Crippen LogP contribution in [0.3, 0.4) is 0 Å². The molecule has 2 N–H and O–H groups in total. The van der Waals surface area contributed by atoms with Gasteiger partial charge in [0.05, 0.1) is 25.0 Å². The molecule has 0 radical (unpaired) electrons. The summed E-state index contributed by atoms with van der Waals surface area (Å²) in [4.78, 5) is 16.1. The number of unbranched alkanes of at least 4 members (excludes halogenated alkanes) is 2. The van der Waals surface area contributed by atoms with Gasteiger partial charge in [-0.05, 0) is 31.4 Å². The van der Waals surface area contributed by atoms with Crippen molar-refractivity contribution in [3.05, 3.63) is 24.2 Å². The van der Waals surface area contributed by atoms with Gasteiger partial charge in [0.25, 0.3) is 0 Å². The van der Waals surface area contributed by atoms with Gasteiger partial charge in [0.1, 0.15) is 17.9 Å². The molecule has 1 fully saturated rings. The van der Waals surface area contributed by atoms with Gasteiger partial charge in [0.15, 0.2) is 11.4 Å². The summed E-state index contributed by atoms with van der Waals surface area (Å²) in [5.41, 5.74) is -0.118. The Hall–Kier alpha value is -2.70. The van der Waals surface area contributed by atoms with E-state index in [1.807, 2.05) is 0 Å². The predicted octanol–water partition coefficient (Wildman–Crippen LogP) is 2.36. The van der Waals surface area contributed by atoms with Crippen LogP contribution in [0.5, 0.6) is 0 Å².